The maximum atomic E-state index is 12.0. The van der Waals surface area contributed by atoms with E-state index in [4.69, 9.17) is 9.47 Å². The van der Waals surface area contributed by atoms with Crippen molar-refractivity contribution in [1.29, 1.82) is 0 Å². The smallest absolute Gasteiger partial charge is 0.257 e. The van der Waals surface area contributed by atoms with E-state index in [1.165, 1.54) is 5.56 Å². The standard InChI is InChI=1S/C30H28N2O3/c33-30(31-20-19-24-7-3-1-4-8-24)23-35-28-15-11-25(12-16-28)21-32-27-13-17-29(18-14-27)34-22-26-9-5-2-6-10-26/h1-18,21H,19-20,22-23H2,(H,31,33). The van der Waals surface area contributed by atoms with Gasteiger partial charge in [-0.1, -0.05) is 60.7 Å². The Labute approximate surface area is 206 Å². The summed E-state index contributed by atoms with van der Waals surface area (Å²) in [6.45, 7) is 1.11. The fourth-order valence-electron chi connectivity index (χ4n) is 3.36. The molecule has 176 valence electrons. The predicted molar refractivity (Wildman–Crippen MR) is 140 cm³/mol. The van der Waals surface area contributed by atoms with Gasteiger partial charge in [-0.25, -0.2) is 0 Å². The van der Waals surface area contributed by atoms with Crippen molar-refractivity contribution in [3.05, 3.63) is 126 Å². The van der Waals surface area contributed by atoms with Gasteiger partial charge in [-0.2, -0.15) is 0 Å². The molecular weight excluding hydrogens is 436 g/mol. The topological polar surface area (TPSA) is 59.9 Å². The highest BCUT2D eigenvalue weighted by atomic mass is 16.5. The van der Waals surface area contributed by atoms with Gasteiger partial charge in [0.15, 0.2) is 6.61 Å². The predicted octanol–water partition coefficient (Wildman–Crippen LogP) is 5.75. The van der Waals surface area contributed by atoms with Crippen molar-refractivity contribution in [2.24, 2.45) is 4.99 Å². The lowest BCUT2D eigenvalue weighted by Crippen LogP contribution is -2.30. The third-order valence-electron chi connectivity index (χ3n) is 5.28. The lowest BCUT2D eigenvalue weighted by molar-refractivity contribution is -0.123. The molecule has 4 aromatic rings. The Morgan fingerprint density at radius 2 is 1.31 bits per heavy atom. The number of carbonyl (C=O) groups excluding carboxylic acids is 1. The minimum Gasteiger partial charge on any atom is -0.489 e. The molecule has 0 aliphatic heterocycles. The molecular formula is C30H28N2O3. The minimum absolute atomic E-state index is 0.0130. The summed E-state index contributed by atoms with van der Waals surface area (Å²) in [5.41, 5.74) is 4.10. The Balaban J connectivity index is 1.18. The number of benzene rings is 4. The van der Waals surface area contributed by atoms with Crippen molar-refractivity contribution in [3.63, 3.8) is 0 Å². The summed E-state index contributed by atoms with van der Waals surface area (Å²) in [7, 11) is 0. The summed E-state index contributed by atoms with van der Waals surface area (Å²) < 4.78 is 11.4. The number of amides is 1. The highest BCUT2D eigenvalue weighted by Gasteiger charge is 2.03. The highest BCUT2D eigenvalue weighted by molar-refractivity contribution is 5.82. The van der Waals surface area contributed by atoms with Crippen molar-refractivity contribution < 1.29 is 14.3 Å². The first-order valence-electron chi connectivity index (χ1n) is 11.6. The second-order valence-electron chi connectivity index (χ2n) is 7.97. The van der Waals surface area contributed by atoms with Crippen LogP contribution in [0.5, 0.6) is 11.5 Å². The Morgan fingerprint density at radius 1 is 0.714 bits per heavy atom. The van der Waals surface area contributed by atoms with Crippen LogP contribution in [-0.2, 0) is 17.8 Å². The number of nitrogens with zero attached hydrogens (tertiary/aromatic N) is 1. The molecule has 0 fully saturated rings. The number of ether oxygens (including phenoxy) is 2. The van der Waals surface area contributed by atoms with Gasteiger partial charge in [-0.3, -0.25) is 9.79 Å². The van der Waals surface area contributed by atoms with E-state index < -0.39 is 0 Å². The summed E-state index contributed by atoms with van der Waals surface area (Å²) in [5, 5.41) is 2.88. The second-order valence-corrected chi connectivity index (χ2v) is 7.97. The van der Waals surface area contributed by atoms with Gasteiger partial charge in [0.25, 0.3) is 5.91 Å². The van der Waals surface area contributed by atoms with Gasteiger partial charge >= 0.3 is 0 Å². The molecule has 5 heteroatoms. The molecule has 0 saturated heterocycles. The molecule has 0 aliphatic carbocycles. The molecule has 0 aliphatic rings. The van der Waals surface area contributed by atoms with Crippen LogP contribution in [0.15, 0.2) is 114 Å². The Hall–Kier alpha value is -4.38. The molecule has 0 atom stereocenters. The third-order valence-corrected chi connectivity index (χ3v) is 5.28. The van der Waals surface area contributed by atoms with Crippen molar-refractivity contribution in [3.8, 4) is 11.5 Å². The van der Waals surface area contributed by atoms with Gasteiger partial charge in [-0.15, -0.1) is 0 Å². The monoisotopic (exact) mass is 464 g/mol. The van der Waals surface area contributed by atoms with Crippen molar-refractivity contribution in [1.82, 2.24) is 5.32 Å². The Morgan fingerprint density at radius 3 is 2.00 bits per heavy atom. The second kappa shape index (κ2) is 12.8. The quantitative estimate of drug-likeness (QED) is 0.287. The van der Waals surface area contributed by atoms with Crippen LogP contribution in [0.25, 0.3) is 0 Å². The van der Waals surface area contributed by atoms with Crippen LogP contribution in [0, 0.1) is 0 Å². The summed E-state index contributed by atoms with van der Waals surface area (Å²) >= 11 is 0. The molecule has 0 saturated carbocycles. The highest BCUT2D eigenvalue weighted by Crippen LogP contribution is 2.19. The first-order chi connectivity index (χ1) is 17.2. The van der Waals surface area contributed by atoms with Crippen LogP contribution in [0.1, 0.15) is 16.7 Å². The number of rotatable bonds is 11. The minimum atomic E-state index is -0.136. The number of carbonyl (C=O) groups is 1. The molecule has 4 aromatic carbocycles. The molecule has 1 N–H and O–H groups in total. The molecule has 0 spiro atoms. The molecule has 35 heavy (non-hydrogen) atoms. The molecule has 0 unspecified atom stereocenters. The zero-order valence-corrected chi connectivity index (χ0v) is 19.5. The number of hydrogen-bond donors (Lipinski definition) is 1. The Kier molecular flexibility index (Phi) is 8.66. The Bertz CT molecular complexity index is 1210. The zero-order chi connectivity index (χ0) is 24.1. The molecule has 0 heterocycles. The van der Waals surface area contributed by atoms with Crippen molar-refractivity contribution >= 4 is 17.8 Å². The summed E-state index contributed by atoms with van der Waals surface area (Å²) in [6, 6.07) is 35.3. The van der Waals surface area contributed by atoms with E-state index in [-0.39, 0.29) is 12.5 Å². The van der Waals surface area contributed by atoms with Crippen LogP contribution in [-0.4, -0.2) is 25.3 Å². The van der Waals surface area contributed by atoms with Gasteiger partial charge in [0.1, 0.15) is 18.1 Å². The molecule has 5 nitrogen and oxygen atoms in total. The number of hydrogen-bond acceptors (Lipinski definition) is 4. The largest absolute Gasteiger partial charge is 0.489 e. The van der Waals surface area contributed by atoms with Crippen LogP contribution < -0.4 is 14.8 Å². The lowest BCUT2D eigenvalue weighted by Gasteiger charge is -2.08. The van der Waals surface area contributed by atoms with E-state index in [2.05, 4.69) is 10.3 Å². The van der Waals surface area contributed by atoms with Crippen LogP contribution in [0.4, 0.5) is 5.69 Å². The maximum absolute atomic E-state index is 12.0. The van der Waals surface area contributed by atoms with Crippen LogP contribution in [0.2, 0.25) is 0 Å². The first-order valence-corrected chi connectivity index (χ1v) is 11.6. The molecule has 0 radical (unpaired) electrons. The lowest BCUT2D eigenvalue weighted by atomic mass is 10.1. The van der Waals surface area contributed by atoms with Gasteiger partial charge in [-0.05, 0) is 71.6 Å². The van der Waals surface area contributed by atoms with E-state index >= 15 is 0 Å². The van der Waals surface area contributed by atoms with Crippen LogP contribution in [0.3, 0.4) is 0 Å². The summed E-state index contributed by atoms with van der Waals surface area (Å²) in [5.74, 6) is 1.31. The van der Waals surface area contributed by atoms with E-state index in [0.29, 0.717) is 18.9 Å². The van der Waals surface area contributed by atoms with Gasteiger partial charge in [0.2, 0.25) is 0 Å². The average molecular weight is 465 g/mol. The van der Waals surface area contributed by atoms with E-state index in [1.54, 1.807) is 6.21 Å². The number of nitrogens with one attached hydrogen (secondary N) is 1. The van der Waals surface area contributed by atoms with E-state index in [1.807, 2.05) is 109 Å². The fourth-order valence-corrected chi connectivity index (χ4v) is 3.36. The number of aliphatic imine (C=N–C) groups is 1. The summed E-state index contributed by atoms with van der Waals surface area (Å²) in [6.07, 6.45) is 2.59. The molecule has 0 bridgehead atoms. The summed E-state index contributed by atoms with van der Waals surface area (Å²) in [4.78, 5) is 16.5. The SMILES string of the molecule is O=C(COc1ccc(C=Nc2ccc(OCc3ccccc3)cc2)cc1)NCCc1ccccc1. The van der Waals surface area contributed by atoms with E-state index in [0.717, 1.165) is 29.0 Å². The van der Waals surface area contributed by atoms with Crippen LogP contribution >= 0.6 is 0 Å². The van der Waals surface area contributed by atoms with Gasteiger partial charge in [0, 0.05) is 12.8 Å². The zero-order valence-electron chi connectivity index (χ0n) is 19.5. The fraction of sp³-hybridized carbons (Fsp3) is 0.133. The van der Waals surface area contributed by atoms with Crippen molar-refractivity contribution in [2.45, 2.75) is 13.0 Å². The molecule has 0 aromatic heterocycles. The van der Waals surface area contributed by atoms with Crippen molar-refractivity contribution in [2.75, 3.05) is 13.2 Å². The van der Waals surface area contributed by atoms with Gasteiger partial charge < -0.3 is 14.8 Å². The normalized spacial score (nSPS) is 10.7. The van der Waals surface area contributed by atoms with E-state index in [9.17, 15) is 4.79 Å². The molecule has 1 amide bonds. The molecule has 4 rings (SSSR count). The average Bonchev–Trinajstić information content (AvgIpc) is 2.92. The maximum Gasteiger partial charge on any atom is 0.257 e. The third kappa shape index (κ3) is 8.16. The first kappa shape index (κ1) is 23.8. The van der Waals surface area contributed by atoms with Gasteiger partial charge in [0.05, 0.1) is 5.69 Å².